The Labute approximate surface area is 173 Å². The second kappa shape index (κ2) is 8.41. The predicted molar refractivity (Wildman–Crippen MR) is 118 cm³/mol. The Kier molecular flexibility index (Phi) is 5.53. The maximum Gasteiger partial charge on any atom is 0.255 e. The second-order valence-electron chi connectivity index (χ2n) is 6.70. The van der Waals surface area contributed by atoms with Gasteiger partial charge < -0.3 is 15.0 Å². The lowest BCUT2D eigenvalue weighted by atomic mass is 10.1. The summed E-state index contributed by atoms with van der Waals surface area (Å²) < 4.78 is 5.33. The van der Waals surface area contributed by atoms with Gasteiger partial charge in [-0.05, 0) is 54.4 Å². The van der Waals surface area contributed by atoms with Crippen LogP contribution in [0.3, 0.4) is 0 Å². The highest BCUT2D eigenvalue weighted by Gasteiger charge is 2.10. The van der Waals surface area contributed by atoms with Crippen molar-refractivity contribution in [1.82, 2.24) is 9.97 Å². The van der Waals surface area contributed by atoms with E-state index in [1.165, 1.54) is 0 Å². The summed E-state index contributed by atoms with van der Waals surface area (Å²) in [7, 11) is 1.59. The molecule has 0 bridgehead atoms. The number of imidazole rings is 1. The molecule has 1 heterocycles. The van der Waals surface area contributed by atoms with Crippen LogP contribution in [0.2, 0.25) is 0 Å². The molecular formula is C23H21N3O2S. The summed E-state index contributed by atoms with van der Waals surface area (Å²) in [6, 6.07) is 21.3. The molecule has 0 atom stereocenters. The Bertz CT molecular complexity index is 1120. The quantitative estimate of drug-likeness (QED) is 0.422. The molecule has 0 saturated carbocycles. The number of nitrogens with zero attached hydrogens (tertiary/aromatic N) is 1. The van der Waals surface area contributed by atoms with Gasteiger partial charge in [-0.3, -0.25) is 4.79 Å². The van der Waals surface area contributed by atoms with Crippen LogP contribution in [0.4, 0.5) is 5.69 Å². The summed E-state index contributed by atoms with van der Waals surface area (Å²) in [6.45, 7) is 1.98. The van der Waals surface area contributed by atoms with Crippen LogP contribution < -0.4 is 10.1 Å². The Morgan fingerprint density at radius 2 is 1.90 bits per heavy atom. The number of fused-ring (bicyclic) bond motifs is 1. The number of ether oxygens (including phenoxy) is 1. The third-order valence-electron chi connectivity index (χ3n) is 4.56. The summed E-state index contributed by atoms with van der Waals surface area (Å²) in [5, 5.41) is 3.82. The normalized spacial score (nSPS) is 10.8. The number of hydrogen-bond acceptors (Lipinski definition) is 4. The van der Waals surface area contributed by atoms with Gasteiger partial charge in [0, 0.05) is 11.3 Å². The van der Waals surface area contributed by atoms with E-state index in [0.29, 0.717) is 17.0 Å². The van der Waals surface area contributed by atoms with E-state index < -0.39 is 0 Å². The number of thioether (sulfide) groups is 1. The lowest BCUT2D eigenvalue weighted by Gasteiger charge is -2.11. The van der Waals surface area contributed by atoms with Crippen molar-refractivity contribution in [2.75, 3.05) is 12.4 Å². The van der Waals surface area contributed by atoms with Gasteiger partial charge in [0.2, 0.25) is 0 Å². The van der Waals surface area contributed by atoms with Crippen LogP contribution >= 0.6 is 11.8 Å². The molecule has 5 nitrogen and oxygen atoms in total. The fraction of sp³-hybridized carbons (Fsp3) is 0.130. The van der Waals surface area contributed by atoms with E-state index >= 15 is 0 Å². The number of nitrogens with one attached hydrogen (secondary N) is 2. The van der Waals surface area contributed by atoms with Gasteiger partial charge >= 0.3 is 0 Å². The number of amides is 1. The van der Waals surface area contributed by atoms with E-state index in [9.17, 15) is 4.79 Å². The molecule has 0 spiro atoms. The smallest absolute Gasteiger partial charge is 0.255 e. The van der Waals surface area contributed by atoms with E-state index in [0.717, 1.165) is 33.1 Å². The number of aromatic amines is 1. The third-order valence-corrected chi connectivity index (χ3v) is 5.51. The van der Waals surface area contributed by atoms with Crippen LogP contribution in [0.15, 0.2) is 71.9 Å². The number of rotatable bonds is 6. The van der Waals surface area contributed by atoms with Crippen molar-refractivity contribution in [3.8, 4) is 5.75 Å². The SMILES string of the molecule is COc1ccc(C)cc1NC(=O)c1ccc(CSc2nc3ccccc3[nH]2)cc1. The molecule has 0 radical (unpaired) electrons. The number of aryl methyl sites for hydroxylation is 1. The zero-order valence-corrected chi connectivity index (χ0v) is 17.0. The number of aromatic nitrogens is 2. The lowest BCUT2D eigenvalue weighted by Crippen LogP contribution is -2.12. The standard InChI is InChI=1S/C23H21N3O2S/c1-15-7-12-21(28-2)20(13-15)24-22(27)17-10-8-16(9-11-17)14-29-23-25-18-5-3-4-6-19(18)26-23/h3-13H,14H2,1-2H3,(H,24,27)(H,25,26). The topological polar surface area (TPSA) is 67.0 Å². The average Bonchev–Trinajstić information content (AvgIpc) is 3.16. The molecule has 0 aliphatic carbocycles. The maximum absolute atomic E-state index is 12.6. The Balaban J connectivity index is 1.40. The molecule has 0 aliphatic rings. The highest BCUT2D eigenvalue weighted by atomic mass is 32.2. The van der Waals surface area contributed by atoms with Crippen LogP contribution in [0.5, 0.6) is 5.75 Å². The zero-order chi connectivity index (χ0) is 20.2. The Morgan fingerprint density at radius 1 is 1.10 bits per heavy atom. The first-order chi connectivity index (χ1) is 14.1. The summed E-state index contributed by atoms with van der Waals surface area (Å²) in [5.41, 5.74) is 5.45. The second-order valence-corrected chi connectivity index (χ2v) is 7.67. The van der Waals surface area contributed by atoms with E-state index in [2.05, 4.69) is 15.3 Å². The molecule has 0 unspecified atom stereocenters. The van der Waals surface area contributed by atoms with Gasteiger partial charge in [-0.25, -0.2) is 4.98 Å². The van der Waals surface area contributed by atoms with Gasteiger partial charge in [0.15, 0.2) is 5.16 Å². The van der Waals surface area contributed by atoms with Crippen molar-refractivity contribution in [1.29, 1.82) is 0 Å². The third kappa shape index (κ3) is 4.43. The molecule has 6 heteroatoms. The molecule has 2 N–H and O–H groups in total. The number of carbonyl (C=O) groups excluding carboxylic acids is 1. The fourth-order valence-corrected chi connectivity index (χ4v) is 3.86. The molecular weight excluding hydrogens is 382 g/mol. The van der Waals surface area contributed by atoms with E-state index in [4.69, 9.17) is 4.74 Å². The summed E-state index contributed by atoms with van der Waals surface area (Å²) in [5.74, 6) is 1.25. The van der Waals surface area contributed by atoms with E-state index in [1.54, 1.807) is 18.9 Å². The van der Waals surface area contributed by atoms with Crippen LogP contribution in [-0.4, -0.2) is 23.0 Å². The molecule has 4 rings (SSSR count). The van der Waals surface area contributed by atoms with Gasteiger partial charge in [0.05, 0.1) is 23.8 Å². The van der Waals surface area contributed by atoms with Gasteiger partial charge in [-0.1, -0.05) is 42.1 Å². The minimum atomic E-state index is -0.162. The van der Waals surface area contributed by atoms with Crippen molar-refractivity contribution in [2.45, 2.75) is 17.8 Å². The average molecular weight is 404 g/mol. The molecule has 29 heavy (non-hydrogen) atoms. The number of anilines is 1. The van der Waals surface area contributed by atoms with Crippen molar-refractivity contribution in [3.05, 3.63) is 83.4 Å². The van der Waals surface area contributed by atoms with Gasteiger partial charge in [0.25, 0.3) is 5.91 Å². The van der Waals surface area contributed by atoms with Gasteiger partial charge in [-0.2, -0.15) is 0 Å². The Morgan fingerprint density at radius 3 is 2.66 bits per heavy atom. The molecule has 1 aromatic heterocycles. The molecule has 0 aliphatic heterocycles. The van der Waals surface area contributed by atoms with Crippen molar-refractivity contribution in [3.63, 3.8) is 0 Å². The first-order valence-electron chi connectivity index (χ1n) is 9.25. The van der Waals surface area contributed by atoms with Crippen LogP contribution in [0, 0.1) is 6.92 Å². The monoisotopic (exact) mass is 403 g/mol. The van der Waals surface area contributed by atoms with Crippen LogP contribution in [-0.2, 0) is 5.75 Å². The molecule has 0 fully saturated rings. The first-order valence-corrected chi connectivity index (χ1v) is 10.2. The van der Waals surface area contributed by atoms with Crippen molar-refractivity contribution < 1.29 is 9.53 Å². The number of benzene rings is 3. The Hall–Kier alpha value is -3.25. The minimum absolute atomic E-state index is 0.162. The minimum Gasteiger partial charge on any atom is -0.495 e. The van der Waals surface area contributed by atoms with Gasteiger partial charge in [0.1, 0.15) is 5.75 Å². The number of hydrogen-bond donors (Lipinski definition) is 2. The zero-order valence-electron chi connectivity index (χ0n) is 16.2. The molecule has 3 aromatic carbocycles. The molecule has 146 valence electrons. The highest BCUT2D eigenvalue weighted by Crippen LogP contribution is 2.26. The van der Waals surface area contributed by atoms with E-state index in [1.807, 2.05) is 73.7 Å². The van der Waals surface area contributed by atoms with Crippen LogP contribution in [0.25, 0.3) is 11.0 Å². The molecule has 0 saturated heterocycles. The van der Waals surface area contributed by atoms with Crippen LogP contribution in [0.1, 0.15) is 21.5 Å². The number of carbonyl (C=O) groups is 1. The lowest BCUT2D eigenvalue weighted by molar-refractivity contribution is 0.102. The maximum atomic E-state index is 12.6. The number of para-hydroxylation sites is 2. The predicted octanol–water partition coefficient (Wildman–Crippen LogP) is 5.42. The number of methoxy groups -OCH3 is 1. The largest absolute Gasteiger partial charge is 0.495 e. The summed E-state index contributed by atoms with van der Waals surface area (Å²) in [4.78, 5) is 20.5. The molecule has 4 aromatic rings. The summed E-state index contributed by atoms with van der Waals surface area (Å²) >= 11 is 1.64. The van der Waals surface area contributed by atoms with E-state index in [-0.39, 0.29) is 5.91 Å². The summed E-state index contributed by atoms with van der Waals surface area (Å²) in [6.07, 6.45) is 0. The first kappa shape index (κ1) is 19.1. The van der Waals surface area contributed by atoms with Crippen molar-refractivity contribution >= 4 is 34.4 Å². The van der Waals surface area contributed by atoms with Crippen molar-refractivity contribution in [2.24, 2.45) is 0 Å². The number of H-pyrrole nitrogens is 1. The highest BCUT2D eigenvalue weighted by molar-refractivity contribution is 7.98. The van der Waals surface area contributed by atoms with Gasteiger partial charge in [-0.15, -0.1) is 0 Å². The fourth-order valence-electron chi connectivity index (χ4n) is 3.02. The molecule has 1 amide bonds.